The number of carboxylic acid groups (broad SMARTS) is 1. The zero-order chi connectivity index (χ0) is 12.3. The number of carboxylic acids is 1. The van der Waals surface area contributed by atoms with Crippen LogP contribution in [0.15, 0.2) is 6.20 Å². The van der Waals surface area contributed by atoms with Crippen molar-refractivity contribution >= 4 is 11.9 Å². The molecule has 16 heavy (non-hydrogen) atoms. The normalized spacial score (nSPS) is 10.2. The predicted molar refractivity (Wildman–Crippen MR) is 59.5 cm³/mol. The van der Waals surface area contributed by atoms with Gasteiger partial charge < -0.3 is 15.0 Å². The second-order valence-corrected chi connectivity index (χ2v) is 3.68. The van der Waals surface area contributed by atoms with Crippen LogP contribution in [0.3, 0.4) is 0 Å². The van der Waals surface area contributed by atoms with Gasteiger partial charge in [0.2, 0.25) is 5.91 Å². The molecule has 1 aromatic heterocycles. The summed E-state index contributed by atoms with van der Waals surface area (Å²) < 4.78 is 1.69. The summed E-state index contributed by atoms with van der Waals surface area (Å²) >= 11 is 0. The summed E-state index contributed by atoms with van der Waals surface area (Å²) in [6, 6.07) is 0. The molecule has 1 amide bonds. The van der Waals surface area contributed by atoms with E-state index in [1.807, 2.05) is 6.92 Å². The van der Waals surface area contributed by atoms with Gasteiger partial charge in [0.05, 0.1) is 12.0 Å². The number of aromatic nitrogens is 1. The van der Waals surface area contributed by atoms with Crippen LogP contribution in [0.1, 0.15) is 28.5 Å². The van der Waals surface area contributed by atoms with Crippen molar-refractivity contribution in [1.29, 1.82) is 0 Å². The number of likely N-dealkylation sites (N-methyl/N-ethyl adjacent to an activating group) is 1. The molecule has 0 saturated carbocycles. The summed E-state index contributed by atoms with van der Waals surface area (Å²) in [6.07, 6.45) is 1.82. The topological polar surface area (TPSA) is 71.3 Å². The molecule has 0 atom stereocenters. The van der Waals surface area contributed by atoms with E-state index in [0.29, 0.717) is 17.8 Å². The first kappa shape index (κ1) is 12.3. The lowest BCUT2D eigenvalue weighted by Crippen LogP contribution is -2.26. The fraction of sp³-hybridized carbons (Fsp3) is 0.455. The van der Waals surface area contributed by atoms with Gasteiger partial charge in [0, 0.05) is 25.5 Å². The number of hydrogen-bond acceptors (Lipinski definition) is 2. The van der Waals surface area contributed by atoms with E-state index in [0.717, 1.165) is 0 Å². The number of carbonyl (C=O) groups excluding carboxylic acids is 1. The average Bonchev–Trinajstić information content (AvgIpc) is 2.41. The van der Waals surface area contributed by atoms with Crippen molar-refractivity contribution < 1.29 is 14.7 Å². The van der Waals surface area contributed by atoms with Crippen LogP contribution < -0.4 is 5.32 Å². The molecule has 0 aliphatic rings. The van der Waals surface area contributed by atoms with Gasteiger partial charge in [-0.05, 0) is 19.4 Å². The van der Waals surface area contributed by atoms with Gasteiger partial charge in [0.15, 0.2) is 0 Å². The molecule has 1 aromatic rings. The number of carbonyl (C=O) groups is 2. The largest absolute Gasteiger partial charge is 0.478 e. The zero-order valence-electron chi connectivity index (χ0n) is 9.70. The lowest BCUT2D eigenvalue weighted by Gasteiger charge is -2.05. The summed E-state index contributed by atoms with van der Waals surface area (Å²) in [5.41, 5.74) is 1.44. The molecule has 88 valence electrons. The van der Waals surface area contributed by atoms with E-state index in [1.165, 1.54) is 0 Å². The van der Waals surface area contributed by atoms with Gasteiger partial charge in [-0.2, -0.15) is 0 Å². The Morgan fingerprint density at radius 2 is 2.12 bits per heavy atom. The number of amides is 1. The van der Waals surface area contributed by atoms with Crippen molar-refractivity contribution in [2.24, 2.45) is 7.05 Å². The second-order valence-electron chi connectivity index (χ2n) is 3.68. The van der Waals surface area contributed by atoms with E-state index in [9.17, 15) is 9.59 Å². The predicted octanol–water partition coefficient (Wildman–Crippen LogP) is 0.710. The van der Waals surface area contributed by atoms with E-state index in [2.05, 4.69) is 5.32 Å². The Morgan fingerprint density at radius 3 is 2.62 bits per heavy atom. The van der Waals surface area contributed by atoms with Gasteiger partial charge in [0.25, 0.3) is 0 Å². The molecule has 0 aliphatic heterocycles. The minimum atomic E-state index is -0.989. The number of nitrogens with zero attached hydrogens (tertiary/aromatic N) is 1. The van der Waals surface area contributed by atoms with Crippen LogP contribution in [0, 0.1) is 6.92 Å². The lowest BCUT2D eigenvalue weighted by molar-refractivity contribution is -0.120. The third-order valence-electron chi connectivity index (χ3n) is 2.41. The molecular formula is C11H16N2O3. The van der Waals surface area contributed by atoms with Gasteiger partial charge in [-0.1, -0.05) is 0 Å². The summed E-state index contributed by atoms with van der Waals surface area (Å²) in [6.45, 7) is 4.10. The number of aromatic carboxylic acids is 1. The minimum Gasteiger partial charge on any atom is -0.478 e. The molecular weight excluding hydrogens is 208 g/mol. The van der Waals surface area contributed by atoms with Crippen LogP contribution in [-0.4, -0.2) is 28.1 Å². The van der Waals surface area contributed by atoms with Gasteiger partial charge >= 0.3 is 5.97 Å². The Kier molecular flexibility index (Phi) is 3.71. The van der Waals surface area contributed by atoms with Crippen molar-refractivity contribution in [2.75, 3.05) is 6.54 Å². The number of nitrogens with one attached hydrogen (secondary N) is 1. The molecule has 5 nitrogen and oxygen atoms in total. The van der Waals surface area contributed by atoms with Crippen molar-refractivity contribution in [3.8, 4) is 0 Å². The Hall–Kier alpha value is -1.78. The van der Waals surface area contributed by atoms with Crippen LogP contribution in [0.2, 0.25) is 0 Å². The number of hydrogen-bond donors (Lipinski definition) is 2. The Labute approximate surface area is 94.1 Å². The molecule has 0 aliphatic carbocycles. The average molecular weight is 224 g/mol. The van der Waals surface area contributed by atoms with Gasteiger partial charge in [-0.3, -0.25) is 4.79 Å². The molecule has 2 N–H and O–H groups in total. The molecule has 0 aromatic carbocycles. The molecule has 1 heterocycles. The zero-order valence-corrected chi connectivity index (χ0v) is 9.70. The molecule has 0 radical (unpaired) electrons. The summed E-state index contributed by atoms with van der Waals surface area (Å²) in [7, 11) is 1.74. The highest BCUT2D eigenvalue weighted by molar-refractivity contribution is 5.92. The molecule has 5 heteroatoms. The maximum atomic E-state index is 11.4. The lowest BCUT2D eigenvalue weighted by atomic mass is 10.1. The van der Waals surface area contributed by atoms with Crippen LogP contribution >= 0.6 is 0 Å². The maximum absolute atomic E-state index is 11.4. The third kappa shape index (κ3) is 2.42. The summed E-state index contributed by atoms with van der Waals surface area (Å²) in [4.78, 5) is 22.5. The highest BCUT2D eigenvalue weighted by atomic mass is 16.4. The van der Waals surface area contributed by atoms with Gasteiger partial charge in [-0.15, -0.1) is 0 Å². The standard InChI is InChI=1S/C11H16N2O3/c1-4-12-9(14)5-8-10(11(15)16)7(2)6-13(8)3/h6H,4-5H2,1-3H3,(H,12,14)(H,15,16). The first-order valence-corrected chi connectivity index (χ1v) is 5.12. The molecule has 0 saturated heterocycles. The van der Waals surface area contributed by atoms with Gasteiger partial charge in [-0.25, -0.2) is 4.79 Å². The van der Waals surface area contributed by atoms with Crippen molar-refractivity contribution in [3.05, 3.63) is 23.0 Å². The fourth-order valence-corrected chi connectivity index (χ4v) is 1.75. The number of aryl methyl sites for hydroxylation is 2. The number of rotatable bonds is 4. The summed E-state index contributed by atoms with van der Waals surface area (Å²) in [5, 5.41) is 11.7. The van der Waals surface area contributed by atoms with E-state index in [4.69, 9.17) is 5.11 Å². The second kappa shape index (κ2) is 4.83. The first-order chi connectivity index (χ1) is 7.47. The monoisotopic (exact) mass is 224 g/mol. The fourth-order valence-electron chi connectivity index (χ4n) is 1.75. The maximum Gasteiger partial charge on any atom is 0.337 e. The van der Waals surface area contributed by atoms with Crippen molar-refractivity contribution in [3.63, 3.8) is 0 Å². The van der Waals surface area contributed by atoms with E-state index in [1.54, 1.807) is 24.7 Å². The SMILES string of the molecule is CCNC(=O)Cc1c(C(=O)O)c(C)cn1C. The Bertz CT molecular complexity index is 421. The molecule has 0 bridgehead atoms. The van der Waals surface area contributed by atoms with Crippen LogP contribution in [-0.2, 0) is 18.3 Å². The summed E-state index contributed by atoms with van der Waals surface area (Å²) in [5.74, 6) is -1.15. The smallest absolute Gasteiger partial charge is 0.337 e. The van der Waals surface area contributed by atoms with Crippen molar-refractivity contribution in [2.45, 2.75) is 20.3 Å². The minimum absolute atomic E-state index is 0.0970. The Morgan fingerprint density at radius 1 is 1.50 bits per heavy atom. The van der Waals surface area contributed by atoms with Crippen LogP contribution in [0.25, 0.3) is 0 Å². The van der Waals surface area contributed by atoms with Crippen LogP contribution in [0.5, 0.6) is 0 Å². The molecule has 0 fully saturated rings. The molecule has 0 spiro atoms. The van der Waals surface area contributed by atoms with E-state index < -0.39 is 5.97 Å². The first-order valence-electron chi connectivity index (χ1n) is 5.12. The third-order valence-corrected chi connectivity index (χ3v) is 2.41. The highest BCUT2D eigenvalue weighted by Crippen LogP contribution is 2.16. The highest BCUT2D eigenvalue weighted by Gasteiger charge is 2.19. The quantitative estimate of drug-likeness (QED) is 0.791. The Balaban J connectivity index is 3.03. The van der Waals surface area contributed by atoms with Crippen molar-refractivity contribution in [1.82, 2.24) is 9.88 Å². The van der Waals surface area contributed by atoms with Crippen LogP contribution in [0.4, 0.5) is 0 Å². The van der Waals surface area contributed by atoms with E-state index >= 15 is 0 Å². The molecule has 0 unspecified atom stereocenters. The van der Waals surface area contributed by atoms with E-state index in [-0.39, 0.29) is 17.9 Å². The van der Waals surface area contributed by atoms with Gasteiger partial charge in [0.1, 0.15) is 0 Å². The molecule has 1 rings (SSSR count).